The first-order valence-electron chi connectivity index (χ1n) is 11.5. The van der Waals surface area contributed by atoms with E-state index in [0.717, 1.165) is 16.7 Å². The van der Waals surface area contributed by atoms with Gasteiger partial charge in [0.2, 0.25) is 0 Å². The van der Waals surface area contributed by atoms with Crippen LogP contribution in [0.3, 0.4) is 0 Å². The third kappa shape index (κ3) is 4.18. The summed E-state index contributed by atoms with van der Waals surface area (Å²) < 4.78 is 3.04. The summed E-state index contributed by atoms with van der Waals surface area (Å²) in [6, 6.07) is 21.7. The van der Waals surface area contributed by atoms with Gasteiger partial charge in [0.15, 0.2) is 0 Å². The lowest BCUT2D eigenvalue weighted by molar-refractivity contribution is 0.0937. The van der Waals surface area contributed by atoms with Crippen molar-refractivity contribution in [3.05, 3.63) is 122 Å². The van der Waals surface area contributed by atoms with Crippen LogP contribution in [0.5, 0.6) is 0 Å². The second-order valence-electron chi connectivity index (χ2n) is 8.73. The van der Waals surface area contributed by atoms with Gasteiger partial charge in [0.1, 0.15) is 16.8 Å². The van der Waals surface area contributed by atoms with Crippen molar-refractivity contribution in [3.63, 3.8) is 0 Å². The van der Waals surface area contributed by atoms with Crippen LogP contribution >= 0.6 is 11.6 Å². The number of aryl methyl sites for hydroxylation is 1. The number of hydrogen-bond acceptors (Lipinski definition) is 4. The Hall–Kier alpha value is -4.23. The van der Waals surface area contributed by atoms with E-state index in [1.165, 1.54) is 10.5 Å². The lowest BCUT2D eigenvalue weighted by atomic mass is 10.1. The molecule has 5 rings (SSSR count). The maximum atomic E-state index is 13.5. The Bertz CT molecular complexity index is 1740. The number of amides is 1. The molecule has 0 bridgehead atoms. The molecule has 3 aromatic heterocycles. The Kier molecular flexibility index (Phi) is 6.16. The Morgan fingerprint density at radius 2 is 1.78 bits per heavy atom. The molecule has 1 unspecified atom stereocenters. The molecule has 8 heteroatoms. The zero-order valence-corrected chi connectivity index (χ0v) is 20.6. The number of benzene rings is 2. The van der Waals surface area contributed by atoms with Crippen LogP contribution in [0.2, 0.25) is 5.02 Å². The molecule has 0 aliphatic rings. The largest absolute Gasteiger partial charge is 0.345 e. The van der Waals surface area contributed by atoms with Gasteiger partial charge in [-0.1, -0.05) is 66.2 Å². The SMILES string of the molecule is Cc1cccn2c(=O)c3cc(C(=O)NC(C)c4ccccc4)c(=N)n(Cc4ccccc4Cl)c3nc12. The van der Waals surface area contributed by atoms with Gasteiger partial charge in [-0.2, -0.15) is 0 Å². The van der Waals surface area contributed by atoms with Crippen molar-refractivity contribution in [2.75, 3.05) is 0 Å². The summed E-state index contributed by atoms with van der Waals surface area (Å²) in [4.78, 5) is 31.7. The highest BCUT2D eigenvalue weighted by Crippen LogP contribution is 2.19. The van der Waals surface area contributed by atoms with Crippen LogP contribution in [0.4, 0.5) is 0 Å². The Balaban J connectivity index is 1.73. The average Bonchev–Trinajstić information content (AvgIpc) is 2.88. The van der Waals surface area contributed by atoms with Crippen molar-refractivity contribution in [2.45, 2.75) is 26.4 Å². The summed E-state index contributed by atoms with van der Waals surface area (Å²) in [5.74, 6) is -0.445. The van der Waals surface area contributed by atoms with Gasteiger partial charge in [0, 0.05) is 11.2 Å². The molecule has 180 valence electrons. The van der Waals surface area contributed by atoms with Gasteiger partial charge in [-0.25, -0.2) is 4.98 Å². The molecule has 0 saturated heterocycles. The van der Waals surface area contributed by atoms with Crippen molar-refractivity contribution in [1.29, 1.82) is 5.41 Å². The van der Waals surface area contributed by atoms with E-state index in [1.54, 1.807) is 22.9 Å². The van der Waals surface area contributed by atoms with Gasteiger partial charge in [0.25, 0.3) is 11.5 Å². The summed E-state index contributed by atoms with van der Waals surface area (Å²) in [5, 5.41) is 12.7. The number of carbonyl (C=O) groups is 1. The van der Waals surface area contributed by atoms with Crippen molar-refractivity contribution in [3.8, 4) is 0 Å². The van der Waals surface area contributed by atoms with Gasteiger partial charge in [-0.3, -0.25) is 19.4 Å². The van der Waals surface area contributed by atoms with Crippen LogP contribution in [-0.4, -0.2) is 19.9 Å². The third-order valence-corrected chi connectivity index (χ3v) is 6.68. The van der Waals surface area contributed by atoms with E-state index in [1.807, 2.05) is 68.4 Å². The normalized spacial score (nSPS) is 12.1. The molecule has 0 saturated carbocycles. The predicted molar refractivity (Wildman–Crippen MR) is 140 cm³/mol. The number of fused-ring (bicyclic) bond motifs is 2. The van der Waals surface area contributed by atoms with Crippen LogP contribution in [-0.2, 0) is 6.54 Å². The van der Waals surface area contributed by atoms with Gasteiger partial charge >= 0.3 is 0 Å². The second-order valence-corrected chi connectivity index (χ2v) is 9.14. The highest BCUT2D eigenvalue weighted by molar-refractivity contribution is 6.31. The fourth-order valence-corrected chi connectivity index (χ4v) is 4.52. The number of carbonyl (C=O) groups excluding carboxylic acids is 1. The number of halogens is 1. The number of pyridine rings is 2. The molecule has 5 aromatic rings. The van der Waals surface area contributed by atoms with E-state index in [0.29, 0.717) is 16.3 Å². The fourth-order valence-electron chi connectivity index (χ4n) is 4.32. The molecule has 7 nitrogen and oxygen atoms in total. The lowest BCUT2D eigenvalue weighted by Crippen LogP contribution is -2.36. The second kappa shape index (κ2) is 9.43. The predicted octanol–water partition coefficient (Wildman–Crippen LogP) is 4.63. The third-order valence-electron chi connectivity index (χ3n) is 6.31. The molecular formula is C28H24ClN5O2. The van der Waals surface area contributed by atoms with E-state index in [4.69, 9.17) is 22.0 Å². The number of aromatic nitrogens is 3. The molecule has 0 spiro atoms. The van der Waals surface area contributed by atoms with Crippen molar-refractivity contribution in [2.24, 2.45) is 0 Å². The quantitative estimate of drug-likeness (QED) is 0.347. The molecule has 0 radical (unpaired) electrons. The zero-order chi connectivity index (χ0) is 25.4. The number of nitrogens with zero attached hydrogens (tertiary/aromatic N) is 3. The van der Waals surface area contributed by atoms with Crippen molar-refractivity contribution >= 4 is 34.2 Å². The maximum Gasteiger partial charge on any atom is 0.267 e. The van der Waals surface area contributed by atoms with Crippen molar-refractivity contribution in [1.82, 2.24) is 19.3 Å². The molecule has 1 atom stereocenters. The minimum Gasteiger partial charge on any atom is -0.345 e. The molecule has 36 heavy (non-hydrogen) atoms. The Labute approximate surface area is 212 Å². The minimum atomic E-state index is -0.445. The molecular weight excluding hydrogens is 474 g/mol. The maximum absolute atomic E-state index is 13.5. The molecule has 0 aliphatic carbocycles. The van der Waals surface area contributed by atoms with Crippen LogP contribution in [0, 0.1) is 12.3 Å². The summed E-state index contributed by atoms with van der Waals surface area (Å²) in [6.07, 6.45) is 1.65. The summed E-state index contributed by atoms with van der Waals surface area (Å²) in [5.41, 5.74) is 3.06. The Morgan fingerprint density at radius 1 is 1.06 bits per heavy atom. The number of rotatable bonds is 5. The highest BCUT2D eigenvalue weighted by atomic mass is 35.5. The van der Waals surface area contributed by atoms with Crippen LogP contribution in [0.15, 0.2) is 83.8 Å². The number of nitrogens with one attached hydrogen (secondary N) is 2. The summed E-state index contributed by atoms with van der Waals surface area (Å²) >= 11 is 6.43. The smallest absolute Gasteiger partial charge is 0.267 e. The first kappa shape index (κ1) is 23.5. The molecule has 2 N–H and O–H groups in total. The molecule has 2 aromatic carbocycles. The van der Waals surface area contributed by atoms with E-state index in [9.17, 15) is 9.59 Å². The molecule has 0 fully saturated rings. The van der Waals surface area contributed by atoms with Crippen LogP contribution < -0.4 is 16.4 Å². The van der Waals surface area contributed by atoms with Gasteiger partial charge in [-0.15, -0.1) is 0 Å². The fraction of sp³-hybridized carbons (Fsp3) is 0.143. The van der Waals surface area contributed by atoms with Gasteiger partial charge in [-0.05, 0) is 48.7 Å². The number of hydrogen-bond donors (Lipinski definition) is 2. The lowest BCUT2D eigenvalue weighted by Gasteiger charge is -2.18. The summed E-state index contributed by atoms with van der Waals surface area (Å²) in [7, 11) is 0. The van der Waals surface area contributed by atoms with Crippen LogP contribution in [0.1, 0.15) is 40.0 Å². The monoisotopic (exact) mass is 497 g/mol. The highest BCUT2D eigenvalue weighted by Gasteiger charge is 2.20. The standard InChI is InChI=1S/C28H24ClN5O2/c1-17-9-8-14-33-25(17)32-26-22(28(33)36)15-21(27(35)31-18(2)19-10-4-3-5-11-19)24(30)34(26)16-20-12-6-7-13-23(20)29/h3-15,18,30H,16H2,1-2H3,(H,31,35). The Morgan fingerprint density at radius 3 is 2.53 bits per heavy atom. The van der Waals surface area contributed by atoms with E-state index in [-0.39, 0.29) is 34.6 Å². The topological polar surface area (TPSA) is 92.3 Å². The first-order valence-corrected chi connectivity index (χ1v) is 11.9. The van der Waals surface area contributed by atoms with Crippen LogP contribution in [0.25, 0.3) is 16.7 Å². The minimum absolute atomic E-state index is 0.0509. The van der Waals surface area contributed by atoms with Gasteiger partial charge in [0.05, 0.1) is 23.5 Å². The van der Waals surface area contributed by atoms with Gasteiger partial charge < -0.3 is 9.88 Å². The van der Waals surface area contributed by atoms with E-state index >= 15 is 0 Å². The first-order chi connectivity index (χ1) is 17.3. The summed E-state index contributed by atoms with van der Waals surface area (Å²) in [6.45, 7) is 3.93. The van der Waals surface area contributed by atoms with E-state index in [2.05, 4.69) is 5.32 Å². The zero-order valence-electron chi connectivity index (χ0n) is 19.8. The molecule has 0 aliphatic heterocycles. The van der Waals surface area contributed by atoms with E-state index < -0.39 is 5.91 Å². The molecule has 3 heterocycles. The van der Waals surface area contributed by atoms with Crippen molar-refractivity contribution < 1.29 is 4.79 Å². The molecule has 1 amide bonds. The average molecular weight is 498 g/mol.